The summed E-state index contributed by atoms with van der Waals surface area (Å²) in [6.07, 6.45) is -6.13. The van der Waals surface area contributed by atoms with Crippen molar-refractivity contribution in [1.29, 1.82) is 0 Å². The van der Waals surface area contributed by atoms with Gasteiger partial charge in [-0.25, -0.2) is 9.18 Å². The van der Waals surface area contributed by atoms with E-state index < -0.39 is 36.3 Å². The summed E-state index contributed by atoms with van der Waals surface area (Å²) in [4.78, 5) is 21.9. The molecule has 0 atom stereocenters. The van der Waals surface area contributed by atoms with Crippen molar-refractivity contribution in [3.63, 3.8) is 0 Å². The van der Waals surface area contributed by atoms with Gasteiger partial charge in [-0.2, -0.15) is 13.2 Å². The van der Waals surface area contributed by atoms with Gasteiger partial charge in [0.2, 0.25) is 5.91 Å². The molecule has 2 N–H and O–H groups in total. The van der Waals surface area contributed by atoms with Crippen molar-refractivity contribution in [3.8, 4) is 0 Å². The Labute approximate surface area is 110 Å². The minimum atomic E-state index is -4.67. The van der Waals surface area contributed by atoms with Crippen LogP contribution >= 0.6 is 0 Å². The summed E-state index contributed by atoms with van der Waals surface area (Å²) in [6, 6.07) is 3.21. The Morgan fingerprint density at radius 2 is 1.90 bits per heavy atom. The Morgan fingerprint density at radius 1 is 1.25 bits per heavy atom. The average molecular weight is 294 g/mol. The van der Waals surface area contributed by atoms with Crippen molar-refractivity contribution in [1.82, 2.24) is 0 Å². The molecule has 0 bridgehead atoms. The van der Waals surface area contributed by atoms with E-state index in [0.29, 0.717) is 0 Å². The standard InChI is InChI=1S/C11H10F4N2O3/c1-6(18)16-7-2-3-8(12)9(4-7)17-10(19)20-5-11(13,14)15/h2-4H,5H2,1H3,(H,16,18)(H,17,19). The van der Waals surface area contributed by atoms with Crippen LogP contribution in [0.3, 0.4) is 0 Å². The second-order valence-corrected chi connectivity index (χ2v) is 3.69. The minimum Gasteiger partial charge on any atom is -0.440 e. The van der Waals surface area contributed by atoms with Crippen LogP contribution in [0.25, 0.3) is 0 Å². The lowest BCUT2D eigenvalue weighted by atomic mass is 10.2. The molecule has 0 spiro atoms. The van der Waals surface area contributed by atoms with Crippen LogP contribution in [0.15, 0.2) is 18.2 Å². The molecule has 0 aliphatic carbocycles. The topological polar surface area (TPSA) is 67.4 Å². The van der Waals surface area contributed by atoms with Gasteiger partial charge < -0.3 is 10.1 Å². The molecule has 1 aromatic carbocycles. The number of alkyl halides is 3. The number of anilines is 2. The van der Waals surface area contributed by atoms with E-state index in [4.69, 9.17) is 0 Å². The van der Waals surface area contributed by atoms with E-state index in [0.717, 1.165) is 12.1 Å². The largest absolute Gasteiger partial charge is 0.440 e. The van der Waals surface area contributed by atoms with Gasteiger partial charge in [-0.1, -0.05) is 0 Å². The van der Waals surface area contributed by atoms with Crippen molar-refractivity contribution >= 4 is 23.4 Å². The highest BCUT2D eigenvalue weighted by Crippen LogP contribution is 2.20. The number of hydrogen-bond donors (Lipinski definition) is 2. The molecule has 0 aliphatic rings. The second-order valence-electron chi connectivity index (χ2n) is 3.69. The van der Waals surface area contributed by atoms with Crippen LogP contribution in [0.2, 0.25) is 0 Å². The highest BCUT2D eigenvalue weighted by atomic mass is 19.4. The SMILES string of the molecule is CC(=O)Nc1ccc(F)c(NC(=O)OCC(F)(F)F)c1. The van der Waals surface area contributed by atoms with E-state index >= 15 is 0 Å². The fraction of sp³-hybridized carbons (Fsp3) is 0.273. The molecule has 9 heteroatoms. The maximum Gasteiger partial charge on any atom is 0.422 e. The molecular weight excluding hydrogens is 284 g/mol. The number of carbonyl (C=O) groups excluding carboxylic acids is 2. The summed E-state index contributed by atoms with van der Waals surface area (Å²) < 4.78 is 52.6. The Bertz CT molecular complexity index is 517. The van der Waals surface area contributed by atoms with Crippen LogP contribution in [0.5, 0.6) is 0 Å². The Balaban J connectivity index is 2.71. The Hall–Kier alpha value is -2.32. The van der Waals surface area contributed by atoms with Gasteiger partial charge in [-0.05, 0) is 18.2 Å². The molecule has 0 aromatic heterocycles. The fourth-order valence-corrected chi connectivity index (χ4v) is 1.20. The Morgan fingerprint density at radius 3 is 2.45 bits per heavy atom. The quantitative estimate of drug-likeness (QED) is 0.842. The lowest BCUT2D eigenvalue weighted by Crippen LogP contribution is -2.23. The first kappa shape index (κ1) is 15.7. The van der Waals surface area contributed by atoms with Crippen molar-refractivity contribution in [2.45, 2.75) is 13.1 Å². The van der Waals surface area contributed by atoms with E-state index in [9.17, 15) is 27.2 Å². The number of nitrogens with one attached hydrogen (secondary N) is 2. The number of halogens is 4. The van der Waals surface area contributed by atoms with Gasteiger partial charge in [0.1, 0.15) is 5.82 Å². The summed E-state index contributed by atoms with van der Waals surface area (Å²) in [5, 5.41) is 4.13. The fourth-order valence-electron chi connectivity index (χ4n) is 1.20. The molecule has 0 unspecified atom stereocenters. The molecular formula is C11H10F4N2O3. The number of benzene rings is 1. The molecule has 0 saturated carbocycles. The van der Waals surface area contributed by atoms with Crippen LogP contribution in [-0.4, -0.2) is 24.8 Å². The number of rotatable bonds is 3. The van der Waals surface area contributed by atoms with Gasteiger partial charge in [0.25, 0.3) is 0 Å². The van der Waals surface area contributed by atoms with Crippen LogP contribution in [0.4, 0.5) is 33.7 Å². The van der Waals surface area contributed by atoms with E-state index in [1.54, 1.807) is 0 Å². The monoisotopic (exact) mass is 294 g/mol. The zero-order valence-electron chi connectivity index (χ0n) is 10.2. The van der Waals surface area contributed by atoms with E-state index in [2.05, 4.69) is 10.1 Å². The van der Waals surface area contributed by atoms with Gasteiger partial charge in [0.15, 0.2) is 6.61 Å². The maximum atomic E-state index is 13.3. The minimum absolute atomic E-state index is 0.171. The molecule has 0 heterocycles. The van der Waals surface area contributed by atoms with Crippen molar-refractivity contribution in [2.24, 2.45) is 0 Å². The summed E-state index contributed by atoms with van der Waals surface area (Å²) in [7, 11) is 0. The van der Waals surface area contributed by atoms with Gasteiger partial charge >= 0.3 is 12.3 Å². The summed E-state index contributed by atoms with van der Waals surface area (Å²) in [6.45, 7) is -0.570. The zero-order chi connectivity index (χ0) is 15.3. The third-order valence-corrected chi connectivity index (χ3v) is 1.89. The molecule has 0 fully saturated rings. The van der Waals surface area contributed by atoms with Gasteiger partial charge in [0.05, 0.1) is 5.69 Å². The first-order chi connectivity index (χ1) is 9.17. The van der Waals surface area contributed by atoms with Crippen molar-refractivity contribution < 1.29 is 31.9 Å². The first-order valence-corrected chi connectivity index (χ1v) is 5.25. The highest BCUT2D eigenvalue weighted by Gasteiger charge is 2.29. The molecule has 0 saturated heterocycles. The van der Waals surface area contributed by atoms with E-state index in [-0.39, 0.29) is 5.69 Å². The smallest absolute Gasteiger partial charge is 0.422 e. The summed E-state index contributed by atoms with van der Waals surface area (Å²) in [5.74, 6) is -1.31. The molecule has 2 amide bonds. The van der Waals surface area contributed by atoms with Crippen LogP contribution < -0.4 is 10.6 Å². The molecule has 0 radical (unpaired) electrons. The predicted molar refractivity (Wildman–Crippen MR) is 61.7 cm³/mol. The molecule has 20 heavy (non-hydrogen) atoms. The normalized spacial score (nSPS) is 10.8. The Kier molecular flexibility index (Phi) is 4.89. The number of amides is 2. The molecule has 1 rings (SSSR count). The number of hydrogen-bond acceptors (Lipinski definition) is 3. The third-order valence-electron chi connectivity index (χ3n) is 1.89. The van der Waals surface area contributed by atoms with Gasteiger partial charge in [-0.15, -0.1) is 0 Å². The zero-order valence-corrected chi connectivity index (χ0v) is 10.2. The number of carbonyl (C=O) groups is 2. The van der Waals surface area contributed by atoms with Crippen molar-refractivity contribution in [2.75, 3.05) is 17.2 Å². The van der Waals surface area contributed by atoms with Crippen LogP contribution in [0, 0.1) is 5.82 Å². The van der Waals surface area contributed by atoms with Crippen LogP contribution in [-0.2, 0) is 9.53 Å². The number of ether oxygens (including phenoxy) is 1. The van der Waals surface area contributed by atoms with Crippen LogP contribution in [0.1, 0.15) is 6.92 Å². The lowest BCUT2D eigenvalue weighted by molar-refractivity contribution is -0.159. The lowest BCUT2D eigenvalue weighted by Gasteiger charge is -2.11. The molecule has 110 valence electrons. The average Bonchev–Trinajstić information content (AvgIpc) is 2.29. The molecule has 5 nitrogen and oxygen atoms in total. The van der Waals surface area contributed by atoms with E-state index in [1.165, 1.54) is 13.0 Å². The second kappa shape index (κ2) is 6.22. The van der Waals surface area contributed by atoms with Crippen molar-refractivity contribution in [3.05, 3.63) is 24.0 Å². The summed E-state index contributed by atoms with van der Waals surface area (Å²) in [5.41, 5.74) is -0.242. The van der Waals surface area contributed by atoms with Gasteiger partial charge in [-0.3, -0.25) is 10.1 Å². The first-order valence-electron chi connectivity index (χ1n) is 5.25. The predicted octanol–water partition coefficient (Wildman–Crippen LogP) is 2.89. The molecule has 1 aromatic rings. The third kappa shape index (κ3) is 5.55. The summed E-state index contributed by atoms with van der Waals surface area (Å²) >= 11 is 0. The maximum absolute atomic E-state index is 13.3. The molecule has 0 aliphatic heterocycles. The van der Waals surface area contributed by atoms with Gasteiger partial charge in [0, 0.05) is 12.6 Å². The van der Waals surface area contributed by atoms with E-state index in [1.807, 2.05) is 5.32 Å². The highest BCUT2D eigenvalue weighted by molar-refractivity contribution is 5.91.